The Balaban J connectivity index is 1.61. The van der Waals surface area contributed by atoms with Gasteiger partial charge in [0.15, 0.2) is 11.5 Å². The summed E-state index contributed by atoms with van der Waals surface area (Å²) in [5.41, 5.74) is 1.94. The minimum absolute atomic E-state index is 0.177. The average Bonchev–Trinajstić information content (AvgIpc) is 3.03. The lowest BCUT2D eigenvalue weighted by atomic mass is 10.1. The number of hydrogen-bond donors (Lipinski definition) is 1. The topological polar surface area (TPSA) is 47.6 Å². The molecule has 0 aromatic heterocycles. The van der Waals surface area contributed by atoms with Crippen LogP contribution in [-0.4, -0.2) is 17.3 Å². The highest BCUT2D eigenvalue weighted by Crippen LogP contribution is 2.32. The molecule has 4 nitrogen and oxygen atoms in total. The van der Waals surface area contributed by atoms with Crippen LogP contribution in [0.4, 0.5) is 0 Å². The van der Waals surface area contributed by atoms with Crippen LogP contribution >= 0.6 is 24.0 Å². The fourth-order valence-electron chi connectivity index (χ4n) is 3.04. The zero-order valence-electron chi connectivity index (χ0n) is 15.1. The molecular formula is C22H17NO3S2. The first-order valence-electron chi connectivity index (χ1n) is 8.66. The van der Waals surface area contributed by atoms with Gasteiger partial charge >= 0.3 is 0 Å². The zero-order valence-corrected chi connectivity index (χ0v) is 16.7. The number of amides is 1. The Bertz CT molecular complexity index is 1100. The molecule has 1 fully saturated rings. The van der Waals surface area contributed by atoms with Crippen molar-refractivity contribution in [2.45, 2.75) is 6.61 Å². The van der Waals surface area contributed by atoms with Crippen LogP contribution in [0.5, 0.6) is 11.5 Å². The Morgan fingerprint density at radius 2 is 1.89 bits per heavy atom. The van der Waals surface area contributed by atoms with Gasteiger partial charge in [0.2, 0.25) is 0 Å². The van der Waals surface area contributed by atoms with Crippen molar-refractivity contribution in [2.24, 2.45) is 0 Å². The number of carbonyl (C=O) groups is 1. The van der Waals surface area contributed by atoms with Gasteiger partial charge < -0.3 is 14.8 Å². The van der Waals surface area contributed by atoms with Crippen LogP contribution < -0.4 is 14.8 Å². The summed E-state index contributed by atoms with van der Waals surface area (Å²) in [6, 6.07) is 20.0. The van der Waals surface area contributed by atoms with E-state index in [1.165, 1.54) is 17.1 Å². The summed E-state index contributed by atoms with van der Waals surface area (Å²) < 4.78 is 12.0. The van der Waals surface area contributed by atoms with Gasteiger partial charge in [0.25, 0.3) is 5.91 Å². The second-order valence-electron chi connectivity index (χ2n) is 6.19. The quantitative estimate of drug-likeness (QED) is 0.481. The average molecular weight is 408 g/mol. The number of rotatable bonds is 5. The molecule has 0 unspecified atom stereocenters. The smallest absolute Gasteiger partial charge is 0.263 e. The number of ether oxygens (including phenoxy) is 2. The molecule has 6 heteroatoms. The molecule has 28 heavy (non-hydrogen) atoms. The Morgan fingerprint density at radius 1 is 1.07 bits per heavy atom. The summed E-state index contributed by atoms with van der Waals surface area (Å²) in [7, 11) is 1.61. The van der Waals surface area contributed by atoms with Crippen LogP contribution in [-0.2, 0) is 11.4 Å². The van der Waals surface area contributed by atoms with Gasteiger partial charge in [-0.1, -0.05) is 72.5 Å². The Kier molecular flexibility index (Phi) is 5.32. The standard InChI is InChI=1S/C22H17NO3S2/c1-25-18-10-9-14(12-20-21(24)23-22(27)28-20)11-19(18)26-13-16-7-4-6-15-5-2-3-8-17(15)16/h2-12H,13H2,1H3,(H,23,24,27)/b20-12-. The normalized spacial score (nSPS) is 15.1. The van der Waals surface area contributed by atoms with E-state index in [0.717, 1.165) is 16.5 Å². The molecule has 0 atom stereocenters. The summed E-state index contributed by atoms with van der Waals surface area (Å²) in [6.07, 6.45) is 1.80. The summed E-state index contributed by atoms with van der Waals surface area (Å²) >= 11 is 6.29. The van der Waals surface area contributed by atoms with Crippen LogP contribution in [0.1, 0.15) is 11.1 Å². The van der Waals surface area contributed by atoms with Crippen molar-refractivity contribution in [3.05, 3.63) is 76.7 Å². The summed E-state index contributed by atoms with van der Waals surface area (Å²) in [5, 5.41) is 4.96. The first-order valence-corrected chi connectivity index (χ1v) is 9.89. The maximum absolute atomic E-state index is 11.9. The molecule has 0 aliphatic carbocycles. The van der Waals surface area contributed by atoms with Gasteiger partial charge in [-0.3, -0.25) is 4.79 Å². The number of methoxy groups -OCH3 is 1. The molecule has 4 rings (SSSR count). The lowest BCUT2D eigenvalue weighted by Gasteiger charge is -2.13. The van der Waals surface area contributed by atoms with E-state index >= 15 is 0 Å². The third-order valence-electron chi connectivity index (χ3n) is 4.39. The van der Waals surface area contributed by atoms with Gasteiger partial charge in [-0.15, -0.1) is 0 Å². The Morgan fingerprint density at radius 3 is 2.68 bits per heavy atom. The van der Waals surface area contributed by atoms with Crippen molar-refractivity contribution in [2.75, 3.05) is 7.11 Å². The summed E-state index contributed by atoms with van der Waals surface area (Å²) in [4.78, 5) is 12.5. The molecule has 1 amide bonds. The highest BCUT2D eigenvalue weighted by molar-refractivity contribution is 8.26. The first-order chi connectivity index (χ1) is 13.6. The summed E-state index contributed by atoms with van der Waals surface area (Å²) in [6.45, 7) is 0.414. The molecule has 3 aromatic rings. The van der Waals surface area contributed by atoms with Crippen LogP contribution in [0.3, 0.4) is 0 Å². The second-order valence-corrected chi connectivity index (χ2v) is 7.91. The maximum Gasteiger partial charge on any atom is 0.263 e. The molecule has 0 spiro atoms. The van der Waals surface area contributed by atoms with E-state index < -0.39 is 0 Å². The molecule has 1 aliphatic heterocycles. The molecule has 1 aliphatic rings. The number of hydrogen-bond acceptors (Lipinski definition) is 5. The van der Waals surface area contributed by atoms with Gasteiger partial charge in [0, 0.05) is 0 Å². The Labute approximate surface area is 172 Å². The first kappa shape index (κ1) is 18.5. The maximum atomic E-state index is 11.9. The van der Waals surface area contributed by atoms with E-state index in [4.69, 9.17) is 21.7 Å². The van der Waals surface area contributed by atoms with E-state index in [2.05, 4.69) is 29.6 Å². The lowest BCUT2D eigenvalue weighted by Crippen LogP contribution is -2.17. The SMILES string of the molecule is COc1ccc(/C=C2\SC(=S)NC2=O)cc1OCc1cccc2ccccc12. The van der Waals surface area contributed by atoms with Crippen LogP contribution in [0.15, 0.2) is 65.6 Å². The number of carbonyl (C=O) groups excluding carboxylic acids is 1. The fourth-order valence-corrected chi connectivity index (χ4v) is 4.09. The summed E-state index contributed by atoms with van der Waals surface area (Å²) in [5.74, 6) is 1.08. The second kappa shape index (κ2) is 8.04. The van der Waals surface area contributed by atoms with Gasteiger partial charge in [0.1, 0.15) is 10.9 Å². The van der Waals surface area contributed by atoms with E-state index in [1.54, 1.807) is 13.2 Å². The fraction of sp³-hybridized carbons (Fsp3) is 0.0909. The van der Waals surface area contributed by atoms with Crippen molar-refractivity contribution >= 4 is 51.1 Å². The van der Waals surface area contributed by atoms with E-state index in [0.29, 0.717) is 27.3 Å². The van der Waals surface area contributed by atoms with E-state index in [-0.39, 0.29) is 5.91 Å². The Hall–Kier alpha value is -2.83. The molecule has 1 saturated heterocycles. The van der Waals surface area contributed by atoms with Crippen molar-refractivity contribution in [1.82, 2.24) is 5.32 Å². The third-order valence-corrected chi connectivity index (χ3v) is 5.55. The number of fused-ring (bicyclic) bond motifs is 1. The number of thioether (sulfide) groups is 1. The predicted molar refractivity (Wildman–Crippen MR) is 118 cm³/mol. The monoisotopic (exact) mass is 407 g/mol. The molecule has 0 saturated carbocycles. The molecular weight excluding hydrogens is 390 g/mol. The van der Waals surface area contributed by atoms with Crippen LogP contribution in [0, 0.1) is 0 Å². The highest BCUT2D eigenvalue weighted by Gasteiger charge is 2.22. The van der Waals surface area contributed by atoms with Gasteiger partial charge in [-0.05, 0) is 40.1 Å². The lowest BCUT2D eigenvalue weighted by molar-refractivity contribution is -0.115. The minimum atomic E-state index is -0.177. The zero-order chi connectivity index (χ0) is 19.5. The van der Waals surface area contributed by atoms with Crippen molar-refractivity contribution in [3.63, 3.8) is 0 Å². The van der Waals surface area contributed by atoms with E-state index in [1.807, 2.05) is 36.4 Å². The predicted octanol–water partition coefficient (Wildman–Crippen LogP) is 4.92. The van der Waals surface area contributed by atoms with Gasteiger partial charge in [0.05, 0.1) is 12.0 Å². The number of benzene rings is 3. The number of thiocarbonyl (C=S) groups is 1. The van der Waals surface area contributed by atoms with Gasteiger partial charge in [-0.2, -0.15) is 0 Å². The molecule has 0 bridgehead atoms. The molecule has 1 heterocycles. The minimum Gasteiger partial charge on any atom is -0.493 e. The van der Waals surface area contributed by atoms with Crippen molar-refractivity contribution in [1.29, 1.82) is 0 Å². The molecule has 0 radical (unpaired) electrons. The van der Waals surface area contributed by atoms with Crippen molar-refractivity contribution < 1.29 is 14.3 Å². The molecule has 140 valence electrons. The third kappa shape index (κ3) is 3.88. The molecule has 3 aromatic carbocycles. The van der Waals surface area contributed by atoms with Crippen LogP contribution in [0.2, 0.25) is 0 Å². The number of nitrogens with one attached hydrogen (secondary N) is 1. The van der Waals surface area contributed by atoms with Crippen LogP contribution in [0.25, 0.3) is 16.8 Å². The van der Waals surface area contributed by atoms with E-state index in [9.17, 15) is 4.79 Å². The van der Waals surface area contributed by atoms with Crippen molar-refractivity contribution in [3.8, 4) is 11.5 Å². The highest BCUT2D eigenvalue weighted by atomic mass is 32.2. The largest absolute Gasteiger partial charge is 0.493 e. The molecule has 1 N–H and O–H groups in total. The van der Waals surface area contributed by atoms with Gasteiger partial charge in [-0.25, -0.2) is 0 Å².